The average molecular weight is 306 g/mol. The Morgan fingerprint density at radius 1 is 1.42 bits per heavy atom. The Bertz CT molecular complexity index is 563. The minimum absolute atomic E-state index is 0.0632. The molecule has 3 nitrogen and oxygen atoms in total. The molecule has 0 aromatic carbocycles. The van der Waals surface area contributed by atoms with Gasteiger partial charge in [-0.25, -0.2) is 4.98 Å². The van der Waals surface area contributed by atoms with E-state index in [1.807, 2.05) is 0 Å². The zero-order valence-electron chi connectivity index (χ0n) is 9.77. The molecule has 0 fully saturated rings. The van der Waals surface area contributed by atoms with Gasteiger partial charge in [-0.3, -0.25) is 9.69 Å². The Labute approximate surface area is 115 Å². The van der Waals surface area contributed by atoms with Gasteiger partial charge in [0.1, 0.15) is 6.54 Å². The summed E-state index contributed by atoms with van der Waals surface area (Å²) < 4.78 is 37.8. The second kappa shape index (κ2) is 5.30. The number of hydrogen-bond donors (Lipinski definition) is 0. The lowest BCUT2D eigenvalue weighted by molar-refractivity contribution is -0.118. The van der Waals surface area contributed by atoms with Crippen LogP contribution in [-0.2, 0) is 0 Å². The number of alkyl halides is 3. The Balaban J connectivity index is 2.32. The molecule has 2 aromatic heterocycles. The van der Waals surface area contributed by atoms with Crippen LogP contribution in [0, 0.1) is 6.92 Å². The van der Waals surface area contributed by atoms with Gasteiger partial charge in [0.2, 0.25) is 0 Å². The van der Waals surface area contributed by atoms with Gasteiger partial charge in [-0.1, -0.05) is 6.07 Å². The highest BCUT2D eigenvalue weighted by atomic mass is 32.1. The quantitative estimate of drug-likeness (QED) is 0.866. The molecule has 0 saturated carbocycles. The van der Waals surface area contributed by atoms with E-state index in [0.717, 1.165) is 22.7 Å². The number of amides is 1. The van der Waals surface area contributed by atoms with Crippen molar-refractivity contribution in [3.8, 4) is 0 Å². The molecule has 0 bridgehead atoms. The van der Waals surface area contributed by atoms with Gasteiger partial charge in [0, 0.05) is 5.38 Å². The van der Waals surface area contributed by atoms with Gasteiger partial charge in [-0.2, -0.15) is 13.2 Å². The van der Waals surface area contributed by atoms with E-state index in [1.54, 1.807) is 23.8 Å². The van der Waals surface area contributed by atoms with E-state index >= 15 is 0 Å². The number of aryl methyl sites for hydroxylation is 1. The summed E-state index contributed by atoms with van der Waals surface area (Å²) in [6, 6.07) is 3.12. The molecule has 102 valence electrons. The molecule has 2 rings (SSSR count). The molecule has 0 unspecified atom stereocenters. The van der Waals surface area contributed by atoms with Gasteiger partial charge in [-0.15, -0.1) is 22.7 Å². The Morgan fingerprint density at radius 2 is 2.16 bits per heavy atom. The van der Waals surface area contributed by atoms with E-state index in [2.05, 4.69) is 4.98 Å². The molecule has 0 aliphatic carbocycles. The number of thiophene rings is 1. The van der Waals surface area contributed by atoms with E-state index in [-0.39, 0.29) is 10.0 Å². The van der Waals surface area contributed by atoms with Crippen molar-refractivity contribution in [1.82, 2.24) is 4.98 Å². The minimum atomic E-state index is -4.47. The van der Waals surface area contributed by atoms with E-state index in [9.17, 15) is 18.0 Å². The van der Waals surface area contributed by atoms with Crippen LogP contribution in [0.15, 0.2) is 22.9 Å². The molecule has 0 atom stereocenters. The summed E-state index contributed by atoms with van der Waals surface area (Å²) in [5.41, 5.74) is 0.589. The van der Waals surface area contributed by atoms with Crippen molar-refractivity contribution < 1.29 is 18.0 Å². The summed E-state index contributed by atoms with van der Waals surface area (Å²) in [6.07, 6.45) is -4.47. The first-order valence-corrected chi connectivity index (χ1v) is 6.97. The SMILES string of the molecule is Cc1csc(N(CC(F)(F)F)C(=O)c2cccs2)n1. The number of nitrogens with zero attached hydrogens (tertiary/aromatic N) is 2. The van der Waals surface area contributed by atoms with Crippen molar-refractivity contribution in [2.45, 2.75) is 13.1 Å². The van der Waals surface area contributed by atoms with E-state index < -0.39 is 18.6 Å². The van der Waals surface area contributed by atoms with Gasteiger partial charge < -0.3 is 0 Å². The number of carbonyl (C=O) groups excluding carboxylic acids is 1. The highest BCUT2D eigenvalue weighted by Gasteiger charge is 2.35. The van der Waals surface area contributed by atoms with E-state index in [0.29, 0.717) is 10.6 Å². The van der Waals surface area contributed by atoms with Gasteiger partial charge in [-0.05, 0) is 18.4 Å². The molecule has 1 amide bonds. The zero-order chi connectivity index (χ0) is 14.0. The number of carbonyl (C=O) groups is 1. The smallest absolute Gasteiger partial charge is 0.274 e. The third-order valence-corrected chi connectivity index (χ3v) is 3.99. The number of rotatable bonds is 3. The van der Waals surface area contributed by atoms with Crippen molar-refractivity contribution in [3.05, 3.63) is 33.5 Å². The highest BCUT2D eigenvalue weighted by molar-refractivity contribution is 7.14. The average Bonchev–Trinajstić information content (AvgIpc) is 2.94. The predicted octanol–water partition coefficient (Wildman–Crippen LogP) is 3.72. The molecular weight excluding hydrogens is 297 g/mol. The maximum Gasteiger partial charge on any atom is 0.406 e. The van der Waals surface area contributed by atoms with Crippen LogP contribution in [0.2, 0.25) is 0 Å². The third-order valence-electron chi connectivity index (χ3n) is 2.15. The van der Waals surface area contributed by atoms with Crippen LogP contribution in [-0.4, -0.2) is 23.6 Å². The summed E-state index contributed by atoms with van der Waals surface area (Å²) >= 11 is 2.13. The Morgan fingerprint density at radius 3 is 2.63 bits per heavy atom. The van der Waals surface area contributed by atoms with Crippen molar-refractivity contribution in [1.29, 1.82) is 0 Å². The molecule has 19 heavy (non-hydrogen) atoms. The molecule has 0 N–H and O–H groups in total. The van der Waals surface area contributed by atoms with Crippen molar-refractivity contribution in [2.75, 3.05) is 11.4 Å². The molecule has 8 heteroatoms. The van der Waals surface area contributed by atoms with E-state index in [4.69, 9.17) is 0 Å². The summed E-state index contributed by atoms with van der Waals surface area (Å²) in [4.78, 5) is 17.0. The summed E-state index contributed by atoms with van der Waals surface area (Å²) in [7, 11) is 0. The molecule has 0 radical (unpaired) electrons. The topological polar surface area (TPSA) is 33.2 Å². The molecule has 0 aliphatic rings. The Hall–Kier alpha value is -1.41. The summed E-state index contributed by atoms with van der Waals surface area (Å²) in [5.74, 6) is -0.679. The number of halogens is 3. The van der Waals surface area contributed by atoms with Gasteiger partial charge in [0.05, 0.1) is 10.6 Å². The minimum Gasteiger partial charge on any atom is -0.274 e. The summed E-state index contributed by atoms with van der Waals surface area (Å²) in [6.45, 7) is 0.331. The Kier molecular flexibility index (Phi) is 3.91. The first-order chi connectivity index (χ1) is 8.87. The second-order valence-electron chi connectivity index (χ2n) is 3.76. The van der Waals surface area contributed by atoms with Crippen molar-refractivity contribution >= 4 is 33.7 Å². The second-order valence-corrected chi connectivity index (χ2v) is 5.54. The highest BCUT2D eigenvalue weighted by Crippen LogP contribution is 2.27. The molecular formula is C11H9F3N2OS2. The monoisotopic (exact) mass is 306 g/mol. The van der Waals surface area contributed by atoms with Crippen LogP contribution in [0.5, 0.6) is 0 Å². The molecule has 2 aromatic rings. The number of anilines is 1. The fourth-order valence-corrected chi connectivity index (χ4v) is 2.88. The van der Waals surface area contributed by atoms with Crippen LogP contribution in [0.25, 0.3) is 0 Å². The lowest BCUT2D eigenvalue weighted by Gasteiger charge is -2.20. The lowest BCUT2D eigenvalue weighted by Crippen LogP contribution is -2.38. The number of aromatic nitrogens is 1. The van der Waals surface area contributed by atoms with Gasteiger partial charge in [0.15, 0.2) is 5.13 Å². The van der Waals surface area contributed by atoms with Gasteiger partial charge >= 0.3 is 6.18 Å². The van der Waals surface area contributed by atoms with Crippen LogP contribution < -0.4 is 4.90 Å². The van der Waals surface area contributed by atoms with Gasteiger partial charge in [0.25, 0.3) is 5.91 Å². The number of thiazole rings is 1. The van der Waals surface area contributed by atoms with Crippen molar-refractivity contribution in [2.24, 2.45) is 0 Å². The van der Waals surface area contributed by atoms with Crippen LogP contribution >= 0.6 is 22.7 Å². The van der Waals surface area contributed by atoms with Crippen LogP contribution in [0.3, 0.4) is 0 Å². The molecule has 0 aliphatic heterocycles. The van der Waals surface area contributed by atoms with Crippen molar-refractivity contribution in [3.63, 3.8) is 0 Å². The normalized spacial score (nSPS) is 11.6. The molecule has 0 spiro atoms. The zero-order valence-corrected chi connectivity index (χ0v) is 11.4. The third kappa shape index (κ3) is 3.54. The fourth-order valence-electron chi connectivity index (χ4n) is 1.40. The van der Waals surface area contributed by atoms with E-state index in [1.165, 1.54) is 6.07 Å². The summed E-state index contributed by atoms with van der Waals surface area (Å²) in [5, 5.41) is 3.32. The predicted molar refractivity (Wildman–Crippen MR) is 68.9 cm³/mol. The lowest BCUT2D eigenvalue weighted by atomic mass is 10.4. The maximum atomic E-state index is 12.6. The standard InChI is InChI=1S/C11H9F3N2OS2/c1-7-5-19-10(15-7)16(6-11(12,13)14)9(17)8-3-2-4-18-8/h2-5H,6H2,1H3. The molecule has 2 heterocycles. The first-order valence-electron chi connectivity index (χ1n) is 5.21. The fraction of sp³-hybridized carbons (Fsp3) is 0.273. The maximum absolute atomic E-state index is 12.6. The van der Waals surface area contributed by atoms with Crippen LogP contribution in [0.4, 0.5) is 18.3 Å². The van der Waals surface area contributed by atoms with Crippen LogP contribution in [0.1, 0.15) is 15.4 Å². The number of hydrogen-bond acceptors (Lipinski definition) is 4. The molecule has 0 saturated heterocycles. The first kappa shape index (κ1) is 14.0. The largest absolute Gasteiger partial charge is 0.406 e.